The number of nitrogens with one attached hydrogen (secondary N) is 4. The topological polar surface area (TPSA) is 163 Å². The van der Waals surface area contributed by atoms with Gasteiger partial charge >= 0.3 is 0 Å². The second kappa shape index (κ2) is 11.6. The fourth-order valence-corrected chi connectivity index (χ4v) is 2.41. The maximum absolute atomic E-state index is 8.72. The van der Waals surface area contributed by atoms with E-state index in [1.54, 1.807) is 24.3 Å². The third kappa shape index (κ3) is 7.91. The van der Waals surface area contributed by atoms with E-state index < -0.39 is 0 Å². The van der Waals surface area contributed by atoms with E-state index in [0.29, 0.717) is 25.6 Å². The molecule has 1 rings (SSSR count). The first kappa shape index (κ1) is 19.1. The van der Waals surface area contributed by atoms with Crippen molar-refractivity contribution < 1.29 is 0 Å². The second-order valence-corrected chi connectivity index (χ2v) is 5.53. The van der Waals surface area contributed by atoms with E-state index in [2.05, 4.69) is 35.9 Å². The first-order valence-electron chi connectivity index (χ1n) is 7.12. The van der Waals surface area contributed by atoms with Gasteiger partial charge in [-0.2, -0.15) is 22.3 Å². The molecule has 0 aliphatic rings. The van der Waals surface area contributed by atoms with Crippen molar-refractivity contribution in [1.29, 1.82) is 10.5 Å². The smallest absolute Gasteiger partial charge is 0.204 e. The number of aliphatic imine (C=N–C) groups is 2. The molecule has 11 heteroatoms. The van der Waals surface area contributed by atoms with Gasteiger partial charge in [-0.15, -0.1) is 0 Å². The average Bonchev–Trinajstić information content (AvgIpc) is 2.96. The van der Waals surface area contributed by atoms with Gasteiger partial charge in [-0.25, -0.2) is 4.98 Å². The Hall–Kier alpha value is -2.92. The van der Waals surface area contributed by atoms with Crippen molar-refractivity contribution in [3.8, 4) is 12.4 Å². The number of imidazole rings is 1. The number of hydrogen-bond donors (Lipinski definition) is 5. The van der Waals surface area contributed by atoms with Crippen molar-refractivity contribution in [2.45, 2.75) is 12.7 Å². The number of guanidine groups is 2. The average molecular weight is 348 g/mol. The minimum absolute atomic E-state index is 0.0519. The summed E-state index contributed by atoms with van der Waals surface area (Å²) in [6.45, 7) is 3.33. The Kier molecular flexibility index (Phi) is 9.26. The van der Waals surface area contributed by atoms with E-state index in [9.17, 15) is 0 Å². The zero-order chi connectivity index (χ0) is 17.6. The van der Waals surface area contributed by atoms with Crippen LogP contribution in [0.3, 0.4) is 0 Å². The lowest BCUT2D eigenvalue weighted by Crippen LogP contribution is -2.37. The predicted molar refractivity (Wildman–Crippen MR) is 93.8 cm³/mol. The van der Waals surface area contributed by atoms with E-state index in [1.165, 1.54) is 0 Å². The highest BCUT2D eigenvalue weighted by Crippen LogP contribution is 2.11. The molecule has 0 saturated carbocycles. The lowest BCUT2D eigenvalue weighted by molar-refractivity contribution is 0.842. The molecule has 0 aromatic carbocycles. The van der Waals surface area contributed by atoms with Crippen molar-refractivity contribution in [3.63, 3.8) is 0 Å². The van der Waals surface area contributed by atoms with Gasteiger partial charge in [0.1, 0.15) is 0 Å². The minimum atomic E-state index is 0.0519. The summed E-state index contributed by atoms with van der Waals surface area (Å²) in [5, 5.41) is 24.7. The van der Waals surface area contributed by atoms with E-state index in [0.717, 1.165) is 22.9 Å². The van der Waals surface area contributed by atoms with Gasteiger partial charge in [-0.1, -0.05) is 0 Å². The third-order valence-electron chi connectivity index (χ3n) is 2.72. The molecule has 6 N–H and O–H groups in total. The van der Waals surface area contributed by atoms with Crippen molar-refractivity contribution in [3.05, 3.63) is 17.7 Å². The molecule has 1 aromatic rings. The summed E-state index contributed by atoms with van der Waals surface area (Å²) in [6, 6.07) is 0. The number of thioether (sulfide) groups is 1. The Morgan fingerprint density at radius 1 is 1.33 bits per heavy atom. The van der Waals surface area contributed by atoms with Gasteiger partial charge in [0.05, 0.1) is 25.1 Å². The maximum Gasteiger partial charge on any atom is 0.204 e. The van der Waals surface area contributed by atoms with Crippen LogP contribution in [0.4, 0.5) is 0 Å². The fourth-order valence-electron chi connectivity index (χ4n) is 1.56. The van der Waals surface area contributed by atoms with Crippen LogP contribution < -0.4 is 21.7 Å². The van der Waals surface area contributed by atoms with Crippen LogP contribution >= 0.6 is 11.8 Å². The van der Waals surface area contributed by atoms with Crippen molar-refractivity contribution >= 4 is 23.7 Å². The summed E-state index contributed by atoms with van der Waals surface area (Å²) in [7, 11) is 0. The molecular formula is C13H20N10S. The number of nitriles is 2. The number of aryl methyl sites for hydroxylation is 1. The summed E-state index contributed by atoms with van der Waals surface area (Å²) >= 11 is 1.72. The van der Waals surface area contributed by atoms with E-state index in [4.69, 9.17) is 16.3 Å². The molecule has 0 saturated heterocycles. The molecule has 0 aliphatic heterocycles. The number of nitrogens with zero attached hydrogens (tertiary/aromatic N) is 5. The molecule has 0 amide bonds. The Labute approximate surface area is 144 Å². The molecule has 0 unspecified atom stereocenters. The zero-order valence-electron chi connectivity index (χ0n) is 13.3. The molecule has 0 atom stereocenters. The van der Waals surface area contributed by atoms with Crippen LogP contribution in [0.15, 0.2) is 16.3 Å². The van der Waals surface area contributed by atoms with Gasteiger partial charge in [0, 0.05) is 23.7 Å². The van der Waals surface area contributed by atoms with Crippen LogP contribution in [0.2, 0.25) is 0 Å². The summed E-state index contributed by atoms with van der Waals surface area (Å²) < 4.78 is 0. The highest BCUT2D eigenvalue weighted by Gasteiger charge is 2.01. The predicted octanol–water partition coefficient (Wildman–Crippen LogP) is -0.647. The highest BCUT2D eigenvalue weighted by molar-refractivity contribution is 7.98. The molecule has 24 heavy (non-hydrogen) atoms. The molecule has 0 radical (unpaired) electrons. The molecule has 0 bridgehead atoms. The quantitative estimate of drug-likeness (QED) is 0.136. The number of aromatic amines is 1. The fraction of sp³-hybridized carbons (Fsp3) is 0.462. The molecular weight excluding hydrogens is 328 g/mol. The number of H-pyrrole nitrogens is 1. The lowest BCUT2D eigenvalue weighted by atomic mass is 10.4. The van der Waals surface area contributed by atoms with Crippen molar-refractivity contribution in [1.82, 2.24) is 25.9 Å². The van der Waals surface area contributed by atoms with Crippen LogP contribution in [0.5, 0.6) is 0 Å². The summed E-state index contributed by atoms with van der Waals surface area (Å²) in [4.78, 5) is 15.5. The number of nitrogens with two attached hydrogens (primary N) is 1. The normalized spacial score (nSPS) is 11.5. The third-order valence-corrected chi connectivity index (χ3v) is 3.67. The van der Waals surface area contributed by atoms with Crippen LogP contribution in [0.1, 0.15) is 11.4 Å². The van der Waals surface area contributed by atoms with Crippen LogP contribution in [0, 0.1) is 29.8 Å². The lowest BCUT2D eigenvalue weighted by Gasteiger charge is -2.06. The largest absolute Gasteiger partial charge is 0.369 e. The van der Waals surface area contributed by atoms with Crippen molar-refractivity contribution in [2.24, 2.45) is 15.7 Å². The van der Waals surface area contributed by atoms with Crippen LogP contribution in [-0.2, 0) is 5.75 Å². The molecule has 10 nitrogen and oxygen atoms in total. The van der Waals surface area contributed by atoms with E-state index in [-0.39, 0.29) is 5.96 Å². The molecule has 1 heterocycles. The maximum atomic E-state index is 8.72. The Morgan fingerprint density at radius 2 is 2.12 bits per heavy atom. The van der Waals surface area contributed by atoms with Gasteiger partial charge < -0.3 is 16.0 Å². The Bertz CT molecular complexity index is 636. The summed E-state index contributed by atoms with van der Waals surface area (Å²) in [6.07, 6.45) is 5.19. The van der Waals surface area contributed by atoms with E-state index in [1.807, 2.05) is 13.1 Å². The number of rotatable bonds is 8. The highest BCUT2D eigenvalue weighted by atomic mass is 32.2. The van der Waals surface area contributed by atoms with Crippen LogP contribution in [-0.4, -0.2) is 47.3 Å². The van der Waals surface area contributed by atoms with E-state index >= 15 is 0 Å². The first-order chi connectivity index (χ1) is 11.7. The Morgan fingerprint density at radius 3 is 2.79 bits per heavy atom. The van der Waals surface area contributed by atoms with Gasteiger partial charge in [0.15, 0.2) is 12.4 Å². The molecule has 0 spiro atoms. The molecule has 128 valence electrons. The van der Waals surface area contributed by atoms with Gasteiger partial charge in [0.2, 0.25) is 11.9 Å². The summed E-state index contributed by atoms with van der Waals surface area (Å²) in [5.41, 5.74) is 7.52. The standard InChI is InChI=1S/C13H20N10S/c1-10-11(23-9-22-10)6-24-5-4-19-13(21-8-15)18-3-2-17-12(16)20-7-14/h9H,2-6H2,1H3,(H,22,23)(H3,16,17,20)(H2,18,19,21). The first-order valence-corrected chi connectivity index (χ1v) is 8.28. The SMILES string of the molecule is Cc1[nH]cnc1CSCCN=C(NC#N)NCCN=C(N)NC#N. The molecule has 1 aromatic heterocycles. The van der Waals surface area contributed by atoms with Crippen molar-refractivity contribution in [2.75, 3.05) is 25.4 Å². The zero-order valence-corrected chi connectivity index (χ0v) is 14.2. The molecule has 0 fully saturated rings. The molecule has 0 aliphatic carbocycles. The number of aromatic nitrogens is 2. The second-order valence-electron chi connectivity index (χ2n) is 4.42. The number of hydrogen-bond acceptors (Lipinski definition) is 6. The monoisotopic (exact) mass is 348 g/mol. The van der Waals surface area contributed by atoms with Gasteiger partial charge in [-0.3, -0.25) is 20.6 Å². The van der Waals surface area contributed by atoms with Gasteiger partial charge in [0.25, 0.3) is 0 Å². The minimum Gasteiger partial charge on any atom is -0.369 e. The Balaban J connectivity index is 2.27. The van der Waals surface area contributed by atoms with Crippen LogP contribution in [0.25, 0.3) is 0 Å². The van der Waals surface area contributed by atoms with Gasteiger partial charge in [-0.05, 0) is 6.92 Å². The summed E-state index contributed by atoms with van der Waals surface area (Å²) in [5.74, 6) is 2.06.